The Balaban J connectivity index is 2.53. The Labute approximate surface area is 136 Å². The molecule has 2 aromatic rings. The predicted molar refractivity (Wildman–Crippen MR) is 94.0 cm³/mol. The molecule has 0 aliphatic carbocycles. The van der Waals surface area contributed by atoms with Gasteiger partial charge in [-0.3, -0.25) is 4.57 Å². The normalized spacial score (nSPS) is 11.9. The molecule has 2 rings (SSSR count). The SMILES string of the molecule is Bc1ccc(-c2sc(Br)cc2P(=O)(OCC)OCC)s1. The van der Waals surface area contributed by atoms with Gasteiger partial charge in [-0.25, -0.2) is 0 Å². The van der Waals surface area contributed by atoms with Gasteiger partial charge in [-0.05, 0) is 46.7 Å². The average Bonchev–Trinajstić information content (AvgIpc) is 2.96. The third-order valence-electron chi connectivity index (χ3n) is 2.54. The summed E-state index contributed by atoms with van der Waals surface area (Å²) in [6.45, 7) is 4.35. The van der Waals surface area contributed by atoms with Gasteiger partial charge in [-0.1, -0.05) is 6.07 Å². The zero-order valence-electron chi connectivity index (χ0n) is 11.5. The minimum absolute atomic E-state index is 0.355. The first-order chi connectivity index (χ1) is 9.50. The zero-order valence-corrected chi connectivity index (χ0v) is 15.6. The molecule has 0 fully saturated rings. The molecule has 0 bridgehead atoms. The molecule has 0 saturated carbocycles. The van der Waals surface area contributed by atoms with E-state index in [0.29, 0.717) is 18.5 Å². The summed E-state index contributed by atoms with van der Waals surface area (Å²) in [5.41, 5.74) is 0. The lowest BCUT2D eigenvalue weighted by Gasteiger charge is -2.17. The van der Waals surface area contributed by atoms with Crippen LogP contribution in [0.15, 0.2) is 22.0 Å². The fourth-order valence-corrected chi connectivity index (χ4v) is 6.80. The van der Waals surface area contributed by atoms with E-state index in [1.54, 1.807) is 22.7 Å². The summed E-state index contributed by atoms with van der Waals surface area (Å²) >= 11 is 6.70. The van der Waals surface area contributed by atoms with E-state index in [0.717, 1.165) is 13.5 Å². The van der Waals surface area contributed by atoms with Crippen LogP contribution in [0, 0.1) is 0 Å². The van der Waals surface area contributed by atoms with Crippen LogP contribution >= 0.6 is 46.2 Å². The van der Waals surface area contributed by atoms with Gasteiger partial charge in [-0.2, -0.15) is 11.3 Å². The molecule has 20 heavy (non-hydrogen) atoms. The van der Waals surface area contributed by atoms with Crippen LogP contribution < -0.4 is 10.1 Å². The lowest BCUT2D eigenvalue weighted by atomic mass is 10.1. The fraction of sp³-hybridized carbons (Fsp3) is 0.333. The highest BCUT2D eigenvalue weighted by Gasteiger charge is 2.32. The van der Waals surface area contributed by atoms with Crippen molar-refractivity contribution >= 4 is 64.1 Å². The van der Waals surface area contributed by atoms with E-state index in [1.165, 1.54) is 4.78 Å². The largest absolute Gasteiger partial charge is 0.362 e. The Morgan fingerprint density at radius 1 is 1.25 bits per heavy atom. The fourth-order valence-electron chi connectivity index (χ4n) is 1.81. The maximum atomic E-state index is 13.0. The molecule has 0 aliphatic heterocycles. The molecule has 0 radical (unpaired) electrons. The van der Waals surface area contributed by atoms with Crippen LogP contribution in [0.5, 0.6) is 0 Å². The van der Waals surface area contributed by atoms with Gasteiger partial charge in [0.15, 0.2) is 7.85 Å². The van der Waals surface area contributed by atoms with Gasteiger partial charge in [0.2, 0.25) is 0 Å². The molecule has 8 heteroatoms. The van der Waals surface area contributed by atoms with Crippen LogP contribution in [0.4, 0.5) is 0 Å². The van der Waals surface area contributed by atoms with Crippen molar-refractivity contribution in [3.8, 4) is 9.75 Å². The van der Waals surface area contributed by atoms with Gasteiger partial charge in [-0.15, -0.1) is 11.3 Å². The summed E-state index contributed by atoms with van der Waals surface area (Å²) in [6, 6.07) is 5.95. The van der Waals surface area contributed by atoms with Crippen molar-refractivity contribution in [2.45, 2.75) is 13.8 Å². The van der Waals surface area contributed by atoms with E-state index in [1.807, 2.05) is 26.0 Å². The molecule has 0 N–H and O–H groups in total. The summed E-state index contributed by atoms with van der Waals surface area (Å²) in [6.07, 6.45) is 0. The van der Waals surface area contributed by atoms with Gasteiger partial charge >= 0.3 is 7.60 Å². The number of halogens is 1. The van der Waals surface area contributed by atoms with Crippen LogP contribution in [0.2, 0.25) is 0 Å². The summed E-state index contributed by atoms with van der Waals surface area (Å²) in [7, 11) is -1.20. The maximum absolute atomic E-state index is 13.0. The Bertz CT molecular complexity index is 630. The molecular weight excluding hydrogens is 378 g/mol. The molecule has 0 amide bonds. The molecule has 2 heterocycles. The molecule has 0 unspecified atom stereocenters. The van der Waals surface area contributed by atoms with E-state index in [-0.39, 0.29) is 0 Å². The van der Waals surface area contributed by atoms with Crippen LogP contribution in [-0.2, 0) is 13.6 Å². The van der Waals surface area contributed by atoms with Crippen molar-refractivity contribution in [2.24, 2.45) is 0 Å². The summed E-state index contributed by atoms with van der Waals surface area (Å²) < 4.78 is 26.0. The second kappa shape index (κ2) is 6.90. The smallest absolute Gasteiger partial charge is 0.305 e. The second-order valence-electron chi connectivity index (χ2n) is 4.01. The topological polar surface area (TPSA) is 35.5 Å². The van der Waals surface area contributed by atoms with Crippen molar-refractivity contribution in [1.29, 1.82) is 0 Å². The second-order valence-corrected chi connectivity index (χ2v) is 9.72. The quantitative estimate of drug-likeness (QED) is 0.558. The molecule has 0 saturated heterocycles. The lowest BCUT2D eigenvalue weighted by molar-refractivity contribution is 0.230. The lowest BCUT2D eigenvalue weighted by Crippen LogP contribution is -2.10. The highest BCUT2D eigenvalue weighted by Crippen LogP contribution is 2.52. The predicted octanol–water partition coefficient (Wildman–Crippen LogP) is 3.39. The van der Waals surface area contributed by atoms with Crippen molar-refractivity contribution < 1.29 is 13.6 Å². The van der Waals surface area contributed by atoms with Gasteiger partial charge in [0.05, 0.1) is 27.2 Å². The molecule has 0 aromatic carbocycles. The van der Waals surface area contributed by atoms with E-state index >= 15 is 0 Å². The third kappa shape index (κ3) is 3.46. The highest BCUT2D eigenvalue weighted by atomic mass is 79.9. The molecular formula is C12H15BBrO3PS2. The number of rotatable bonds is 6. The molecule has 108 valence electrons. The average molecular weight is 393 g/mol. The number of hydrogen-bond acceptors (Lipinski definition) is 5. The van der Waals surface area contributed by atoms with Crippen LogP contribution in [0.1, 0.15) is 13.8 Å². The first-order valence-corrected chi connectivity index (χ1v) is 10.2. The molecule has 0 aliphatic rings. The number of hydrogen-bond donors (Lipinski definition) is 0. The number of thiophene rings is 2. The van der Waals surface area contributed by atoms with Gasteiger partial charge < -0.3 is 9.05 Å². The molecule has 3 nitrogen and oxygen atoms in total. The van der Waals surface area contributed by atoms with Crippen LogP contribution in [-0.4, -0.2) is 21.1 Å². The minimum Gasteiger partial charge on any atom is -0.305 e. The summed E-state index contributed by atoms with van der Waals surface area (Å²) in [4.78, 5) is 2.05. The minimum atomic E-state index is -3.26. The van der Waals surface area contributed by atoms with E-state index < -0.39 is 7.60 Å². The van der Waals surface area contributed by atoms with E-state index in [4.69, 9.17) is 9.05 Å². The van der Waals surface area contributed by atoms with Crippen molar-refractivity contribution in [3.05, 3.63) is 22.0 Å². The van der Waals surface area contributed by atoms with E-state index in [9.17, 15) is 4.57 Å². The van der Waals surface area contributed by atoms with Crippen molar-refractivity contribution in [2.75, 3.05) is 13.2 Å². The Kier molecular flexibility index (Phi) is 5.68. The van der Waals surface area contributed by atoms with Gasteiger partial charge in [0.25, 0.3) is 0 Å². The monoisotopic (exact) mass is 392 g/mol. The third-order valence-corrected chi connectivity index (χ3v) is 7.65. The first kappa shape index (κ1) is 16.5. The van der Waals surface area contributed by atoms with Gasteiger partial charge in [0.1, 0.15) is 0 Å². The standard InChI is InChI=1S/C12H15BBrO3PS2/c1-3-16-18(15,17-4-2)8-7-11(14)20-12(8)9-5-6-10(13)19-9/h5-7H,3-4,13H2,1-2H3. The van der Waals surface area contributed by atoms with E-state index in [2.05, 4.69) is 29.8 Å². The van der Waals surface area contributed by atoms with Crippen LogP contribution in [0.25, 0.3) is 9.75 Å². The Morgan fingerprint density at radius 2 is 1.90 bits per heavy atom. The highest BCUT2D eigenvalue weighted by molar-refractivity contribution is 9.11. The molecule has 2 aromatic heterocycles. The summed E-state index contributed by atoms with van der Waals surface area (Å²) in [5.74, 6) is 0. The van der Waals surface area contributed by atoms with Crippen molar-refractivity contribution in [3.63, 3.8) is 0 Å². The first-order valence-electron chi connectivity index (χ1n) is 6.26. The van der Waals surface area contributed by atoms with Gasteiger partial charge in [0, 0.05) is 4.88 Å². The van der Waals surface area contributed by atoms with Crippen LogP contribution in [0.3, 0.4) is 0 Å². The zero-order chi connectivity index (χ0) is 14.8. The maximum Gasteiger partial charge on any atom is 0.362 e. The Hall–Kier alpha value is 0.0949. The summed E-state index contributed by atoms with van der Waals surface area (Å²) in [5, 5.41) is 0.653. The molecule has 0 atom stereocenters. The Morgan fingerprint density at radius 3 is 2.40 bits per heavy atom. The van der Waals surface area contributed by atoms with Crippen molar-refractivity contribution in [1.82, 2.24) is 0 Å². The molecule has 0 spiro atoms.